The molecule has 0 saturated heterocycles. The van der Waals surface area contributed by atoms with Crippen LogP contribution in [0.1, 0.15) is 19.8 Å². The number of hydrogen-bond donors (Lipinski definition) is 0. The maximum Gasteiger partial charge on any atom is 0.260 e. The zero-order chi connectivity index (χ0) is 12.3. The molecular formula is C13H16ClNO2. The maximum absolute atomic E-state index is 11.9. The molecule has 3 nitrogen and oxygen atoms in total. The van der Waals surface area contributed by atoms with Crippen molar-refractivity contribution < 1.29 is 9.53 Å². The topological polar surface area (TPSA) is 29.5 Å². The van der Waals surface area contributed by atoms with E-state index in [0.717, 1.165) is 19.4 Å². The van der Waals surface area contributed by atoms with Gasteiger partial charge in [0.25, 0.3) is 5.91 Å². The number of carbonyl (C=O) groups excluding carboxylic acids is 1. The SMILES string of the molecule is CCN(C(=O)COc1ccc(Cl)cc1)C1CC1. The molecule has 1 fully saturated rings. The highest BCUT2D eigenvalue weighted by Gasteiger charge is 2.31. The number of amides is 1. The molecule has 0 N–H and O–H groups in total. The second-order valence-electron chi connectivity index (χ2n) is 4.15. The molecule has 0 aliphatic heterocycles. The summed E-state index contributed by atoms with van der Waals surface area (Å²) in [5.41, 5.74) is 0. The molecule has 0 radical (unpaired) electrons. The summed E-state index contributed by atoms with van der Waals surface area (Å²) in [6, 6.07) is 7.48. The van der Waals surface area contributed by atoms with Gasteiger partial charge >= 0.3 is 0 Å². The predicted octanol–water partition coefficient (Wildman–Crippen LogP) is 2.73. The quantitative estimate of drug-likeness (QED) is 0.808. The average Bonchev–Trinajstić information content (AvgIpc) is 3.14. The van der Waals surface area contributed by atoms with Crippen LogP contribution < -0.4 is 4.74 Å². The smallest absolute Gasteiger partial charge is 0.260 e. The lowest BCUT2D eigenvalue weighted by Gasteiger charge is -2.20. The largest absolute Gasteiger partial charge is 0.484 e. The predicted molar refractivity (Wildman–Crippen MR) is 67.4 cm³/mol. The molecule has 1 aliphatic carbocycles. The van der Waals surface area contributed by atoms with Crippen LogP contribution in [0.3, 0.4) is 0 Å². The van der Waals surface area contributed by atoms with Gasteiger partial charge in [0.05, 0.1) is 0 Å². The first-order valence-electron chi connectivity index (χ1n) is 5.88. The lowest BCUT2D eigenvalue weighted by molar-refractivity contribution is -0.133. The van der Waals surface area contributed by atoms with Gasteiger partial charge in [0, 0.05) is 17.6 Å². The Morgan fingerprint density at radius 3 is 2.59 bits per heavy atom. The van der Waals surface area contributed by atoms with Gasteiger partial charge in [-0.05, 0) is 44.0 Å². The number of benzene rings is 1. The first kappa shape index (κ1) is 12.2. The van der Waals surface area contributed by atoms with E-state index in [9.17, 15) is 4.79 Å². The van der Waals surface area contributed by atoms with Crippen LogP contribution >= 0.6 is 11.6 Å². The van der Waals surface area contributed by atoms with Crippen molar-refractivity contribution in [2.24, 2.45) is 0 Å². The normalized spacial score (nSPS) is 14.5. The average molecular weight is 254 g/mol. The summed E-state index contributed by atoms with van der Waals surface area (Å²) in [6.07, 6.45) is 2.25. The van der Waals surface area contributed by atoms with Crippen LogP contribution in [0.25, 0.3) is 0 Å². The van der Waals surface area contributed by atoms with E-state index in [4.69, 9.17) is 16.3 Å². The fourth-order valence-corrected chi connectivity index (χ4v) is 1.91. The van der Waals surface area contributed by atoms with Gasteiger partial charge in [0.2, 0.25) is 0 Å². The lowest BCUT2D eigenvalue weighted by Crippen LogP contribution is -2.36. The first-order chi connectivity index (χ1) is 8.20. The van der Waals surface area contributed by atoms with E-state index in [2.05, 4.69) is 0 Å². The second-order valence-corrected chi connectivity index (χ2v) is 4.59. The Hall–Kier alpha value is -1.22. The second kappa shape index (κ2) is 5.41. The molecule has 17 heavy (non-hydrogen) atoms. The Balaban J connectivity index is 1.84. The zero-order valence-electron chi connectivity index (χ0n) is 9.86. The Kier molecular flexibility index (Phi) is 3.89. The van der Waals surface area contributed by atoms with Crippen LogP contribution in [0, 0.1) is 0 Å². The summed E-state index contributed by atoms with van der Waals surface area (Å²) >= 11 is 5.77. The van der Waals surface area contributed by atoms with E-state index in [1.54, 1.807) is 24.3 Å². The van der Waals surface area contributed by atoms with Gasteiger partial charge in [-0.15, -0.1) is 0 Å². The summed E-state index contributed by atoms with van der Waals surface area (Å²) in [7, 11) is 0. The van der Waals surface area contributed by atoms with E-state index < -0.39 is 0 Å². The van der Waals surface area contributed by atoms with Crippen molar-refractivity contribution in [2.75, 3.05) is 13.2 Å². The standard InChI is InChI=1S/C13H16ClNO2/c1-2-15(11-5-6-11)13(16)9-17-12-7-3-10(14)4-8-12/h3-4,7-8,11H,2,5-6,9H2,1H3. The Morgan fingerprint density at radius 1 is 1.41 bits per heavy atom. The van der Waals surface area contributed by atoms with Crippen molar-refractivity contribution in [1.29, 1.82) is 0 Å². The van der Waals surface area contributed by atoms with Crippen molar-refractivity contribution in [3.8, 4) is 5.75 Å². The van der Waals surface area contributed by atoms with Crippen molar-refractivity contribution in [3.63, 3.8) is 0 Å². The van der Waals surface area contributed by atoms with Crippen LogP contribution in [0.15, 0.2) is 24.3 Å². The van der Waals surface area contributed by atoms with Gasteiger partial charge in [-0.25, -0.2) is 0 Å². The van der Waals surface area contributed by atoms with Crippen LogP contribution in [0.4, 0.5) is 0 Å². The van der Waals surface area contributed by atoms with E-state index in [1.807, 2.05) is 11.8 Å². The van der Waals surface area contributed by atoms with Crippen LogP contribution in [-0.4, -0.2) is 30.0 Å². The Morgan fingerprint density at radius 2 is 2.06 bits per heavy atom. The molecule has 0 aromatic heterocycles. The molecule has 0 atom stereocenters. The molecule has 1 aliphatic rings. The minimum Gasteiger partial charge on any atom is -0.484 e. The molecule has 0 unspecified atom stereocenters. The minimum atomic E-state index is 0.0601. The highest BCUT2D eigenvalue weighted by molar-refractivity contribution is 6.30. The van der Waals surface area contributed by atoms with Crippen molar-refractivity contribution in [2.45, 2.75) is 25.8 Å². The Bertz CT molecular complexity index is 387. The van der Waals surface area contributed by atoms with Crippen molar-refractivity contribution >= 4 is 17.5 Å². The molecule has 0 heterocycles. The van der Waals surface area contributed by atoms with Gasteiger partial charge in [0.1, 0.15) is 5.75 Å². The number of hydrogen-bond acceptors (Lipinski definition) is 2. The number of halogens is 1. The van der Waals surface area contributed by atoms with Gasteiger partial charge in [0.15, 0.2) is 6.61 Å². The highest BCUT2D eigenvalue weighted by atomic mass is 35.5. The number of nitrogens with zero attached hydrogens (tertiary/aromatic N) is 1. The summed E-state index contributed by atoms with van der Waals surface area (Å²) in [5, 5.41) is 0.664. The van der Waals surface area contributed by atoms with Gasteiger partial charge in [-0.3, -0.25) is 4.79 Å². The van der Waals surface area contributed by atoms with Crippen LogP contribution in [0.5, 0.6) is 5.75 Å². The fourth-order valence-electron chi connectivity index (χ4n) is 1.78. The van der Waals surface area contributed by atoms with Gasteiger partial charge < -0.3 is 9.64 Å². The number of rotatable bonds is 5. The highest BCUT2D eigenvalue weighted by Crippen LogP contribution is 2.26. The maximum atomic E-state index is 11.9. The Labute approximate surface area is 106 Å². The monoisotopic (exact) mass is 253 g/mol. The number of likely N-dealkylation sites (N-methyl/N-ethyl adjacent to an activating group) is 1. The molecule has 0 bridgehead atoms. The lowest BCUT2D eigenvalue weighted by atomic mass is 10.3. The molecule has 2 rings (SSSR count). The van der Waals surface area contributed by atoms with Crippen LogP contribution in [-0.2, 0) is 4.79 Å². The molecule has 0 spiro atoms. The zero-order valence-corrected chi connectivity index (χ0v) is 10.6. The minimum absolute atomic E-state index is 0.0601. The van der Waals surface area contributed by atoms with E-state index in [0.29, 0.717) is 16.8 Å². The third-order valence-electron chi connectivity index (χ3n) is 2.82. The molecule has 4 heteroatoms. The van der Waals surface area contributed by atoms with Crippen molar-refractivity contribution in [3.05, 3.63) is 29.3 Å². The molecular weight excluding hydrogens is 238 g/mol. The summed E-state index contributed by atoms with van der Waals surface area (Å²) in [6.45, 7) is 2.86. The van der Waals surface area contributed by atoms with Gasteiger partial charge in [-0.1, -0.05) is 11.6 Å². The molecule has 1 amide bonds. The first-order valence-corrected chi connectivity index (χ1v) is 6.26. The van der Waals surface area contributed by atoms with E-state index in [1.165, 1.54) is 0 Å². The van der Waals surface area contributed by atoms with Crippen LogP contribution in [0.2, 0.25) is 5.02 Å². The summed E-state index contributed by atoms with van der Waals surface area (Å²) in [5.74, 6) is 0.736. The third kappa shape index (κ3) is 3.37. The van der Waals surface area contributed by atoms with E-state index in [-0.39, 0.29) is 12.5 Å². The number of ether oxygens (including phenoxy) is 1. The fraction of sp³-hybridized carbons (Fsp3) is 0.462. The molecule has 1 saturated carbocycles. The summed E-state index contributed by atoms with van der Waals surface area (Å²) in [4.78, 5) is 13.8. The van der Waals surface area contributed by atoms with E-state index >= 15 is 0 Å². The molecule has 1 aromatic rings. The third-order valence-corrected chi connectivity index (χ3v) is 3.08. The molecule has 1 aromatic carbocycles. The van der Waals surface area contributed by atoms with Gasteiger partial charge in [-0.2, -0.15) is 0 Å². The number of carbonyl (C=O) groups is 1. The van der Waals surface area contributed by atoms with Crippen molar-refractivity contribution in [1.82, 2.24) is 4.90 Å². The molecule has 92 valence electrons. The summed E-state index contributed by atoms with van der Waals surface area (Å²) < 4.78 is 5.43.